The lowest BCUT2D eigenvalue weighted by Crippen LogP contribution is -2.02. The Morgan fingerprint density at radius 1 is 1.12 bits per heavy atom. The van der Waals surface area contributed by atoms with Crippen molar-refractivity contribution < 1.29 is 9.53 Å². The summed E-state index contributed by atoms with van der Waals surface area (Å²) in [5.41, 5.74) is 1.62. The molecule has 0 fully saturated rings. The maximum atomic E-state index is 12.2. The van der Waals surface area contributed by atoms with E-state index in [-0.39, 0.29) is 5.78 Å². The SMILES string of the molecule is CCOc1ccc(C(=O)CSc2n[nH]c(-c3ccccc3)n2)cc1. The summed E-state index contributed by atoms with van der Waals surface area (Å²) in [7, 11) is 0. The van der Waals surface area contributed by atoms with E-state index < -0.39 is 0 Å². The number of aromatic nitrogens is 3. The number of aromatic amines is 1. The zero-order valence-electron chi connectivity index (χ0n) is 13.2. The number of hydrogen-bond acceptors (Lipinski definition) is 5. The van der Waals surface area contributed by atoms with Gasteiger partial charge < -0.3 is 4.74 Å². The fraction of sp³-hybridized carbons (Fsp3) is 0.167. The van der Waals surface area contributed by atoms with Gasteiger partial charge in [-0.05, 0) is 31.2 Å². The Balaban J connectivity index is 1.59. The number of carbonyl (C=O) groups is 1. The molecule has 0 aliphatic carbocycles. The van der Waals surface area contributed by atoms with Crippen LogP contribution in [0.2, 0.25) is 0 Å². The van der Waals surface area contributed by atoms with Crippen LogP contribution in [0.15, 0.2) is 59.8 Å². The first-order valence-electron chi connectivity index (χ1n) is 7.63. The number of ether oxygens (including phenoxy) is 1. The summed E-state index contributed by atoms with van der Waals surface area (Å²) in [6.07, 6.45) is 0. The van der Waals surface area contributed by atoms with Crippen molar-refractivity contribution in [3.8, 4) is 17.1 Å². The van der Waals surface area contributed by atoms with Crippen LogP contribution < -0.4 is 4.74 Å². The lowest BCUT2D eigenvalue weighted by molar-refractivity contribution is 0.102. The highest BCUT2D eigenvalue weighted by molar-refractivity contribution is 7.99. The van der Waals surface area contributed by atoms with Gasteiger partial charge in [-0.25, -0.2) is 4.98 Å². The molecule has 1 aromatic heterocycles. The molecule has 0 spiro atoms. The van der Waals surface area contributed by atoms with E-state index in [1.54, 1.807) is 12.1 Å². The fourth-order valence-electron chi connectivity index (χ4n) is 2.15. The van der Waals surface area contributed by atoms with Gasteiger partial charge in [-0.3, -0.25) is 9.89 Å². The zero-order valence-corrected chi connectivity index (χ0v) is 14.0. The van der Waals surface area contributed by atoms with Crippen molar-refractivity contribution in [2.45, 2.75) is 12.1 Å². The van der Waals surface area contributed by atoms with Crippen LogP contribution in [0.4, 0.5) is 0 Å². The molecular weight excluding hydrogens is 322 g/mol. The van der Waals surface area contributed by atoms with E-state index in [1.807, 2.05) is 49.4 Å². The summed E-state index contributed by atoms with van der Waals surface area (Å²) in [6, 6.07) is 16.9. The van der Waals surface area contributed by atoms with Gasteiger partial charge in [-0.1, -0.05) is 42.1 Å². The molecule has 1 heterocycles. The Hall–Kier alpha value is -2.60. The smallest absolute Gasteiger partial charge is 0.209 e. The maximum absolute atomic E-state index is 12.2. The van der Waals surface area contributed by atoms with E-state index in [0.717, 1.165) is 11.3 Å². The minimum atomic E-state index is 0.0362. The summed E-state index contributed by atoms with van der Waals surface area (Å²) >= 11 is 1.32. The number of hydrogen-bond donors (Lipinski definition) is 1. The van der Waals surface area contributed by atoms with Crippen LogP contribution in [0.1, 0.15) is 17.3 Å². The lowest BCUT2D eigenvalue weighted by Gasteiger charge is -2.03. The van der Waals surface area contributed by atoms with Gasteiger partial charge in [0.15, 0.2) is 11.6 Å². The Bertz CT molecular complexity index is 801. The van der Waals surface area contributed by atoms with Crippen LogP contribution in [0.5, 0.6) is 5.75 Å². The van der Waals surface area contributed by atoms with Gasteiger partial charge in [-0.15, -0.1) is 5.10 Å². The van der Waals surface area contributed by atoms with Gasteiger partial charge in [0.05, 0.1) is 12.4 Å². The van der Waals surface area contributed by atoms with Gasteiger partial charge in [-0.2, -0.15) is 0 Å². The molecule has 3 aromatic rings. The zero-order chi connectivity index (χ0) is 16.8. The molecular formula is C18H17N3O2S. The molecule has 1 N–H and O–H groups in total. The minimum absolute atomic E-state index is 0.0362. The van der Waals surface area contributed by atoms with Crippen molar-refractivity contribution in [3.63, 3.8) is 0 Å². The monoisotopic (exact) mass is 339 g/mol. The highest BCUT2D eigenvalue weighted by atomic mass is 32.2. The summed E-state index contributed by atoms with van der Waals surface area (Å²) < 4.78 is 5.37. The standard InChI is InChI=1S/C18H17N3O2S/c1-2-23-15-10-8-13(9-11-15)16(22)12-24-18-19-17(20-21-18)14-6-4-3-5-7-14/h3-11H,2,12H2,1H3,(H,19,20,21). The maximum Gasteiger partial charge on any atom is 0.209 e. The van der Waals surface area contributed by atoms with Crippen LogP contribution in [0.3, 0.4) is 0 Å². The predicted molar refractivity (Wildman–Crippen MR) is 94.5 cm³/mol. The van der Waals surface area contributed by atoms with Crippen molar-refractivity contribution >= 4 is 17.5 Å². The molecule has 3 rings (SSSR count). The number of ketones is 1. The third-order valence-corrected chi connectivity index (χ3v) is 4.18. The first-order valence-corrected chi connectivity index (χ1v) is 8.61. The second-order valence-electron chi connectivity index (χ2n) is 5.00. The molecule has 6 heteroatoms. The number of Topliss-reactive ketones (excluding diaryl/α,β-unsaturated/α-hetero) is 1. The number of carbonyl (C=O) groups excluding carboxylic acids is 1. The first kappa shape index (κ1) is 16.3. The molecule has 0 amide bonds. The Morgan fingerprint density at radius 3 is 2.58 bits per heavy atom. The Morgan fingerprint density at radius 2 is 1.88 bits per heavy atom. The Kier molecular flexibility index (Phi) is 5.28. The number of rotatable bonds is 7. The van der Waals surface area contributed by atoms with E-state index in [0.29, 0.717) is 28.9 Å². The molecule has 122 valence electrons. The topological polar surface area (TPSA) is 67.9 Å². The van der Waals surface area contributed by atoms with Crippen molar-refractivity contribution in [1.29, 1.82) is 0 Å². The average Bonchev–Trinajstić information content (AvgIpc) is 3.10. The van der Waals surface area contributed by atoms with Gasteiger partial charge in [0.2, 0.25) is 5.16 Å². The minimum Gasteiger partial charge on any atom is -0.494 e. The summed E-state index contributed by atoms with van der Waals surface area (Å²) in [4.78, 5) is 16.6. The number of nitrogens with one attached hydrogen (secondary N) is 1. The normalized spacial score (nSPS) is 10.5. The van der Waals surface area contributed by atoms with E-state index in [1.165, 1.54) is 11.8 Å². The molecule has 24 heavy (non-hydrogen) atoms. The molecule has 0 aliphatic heterocycles. The van der Waals surface area contributed by atoms with E-state index in [9.17, 15) is 4.79 Å². The third kappa shape index (κ3) is 4.02. The first-order chi connectivity index (χ1) is 11.8. The molecule has 0 radical (unpaired) electrons. The quantitative estimate of drug-likeness (QED) is 0.523. The summed E-state index contributed by atoms with van der Waals surface area (Å²) in [6.45, 7) is 2.54. The van der Waals surface area contributed by atoms with Gasteiger partial charge >= 0.3 is 0 Å². The number of nitrogens with zero attached hydrogens (tertiary/aromatic N) is 2. The van der Waals surface area contributed by atoms with Crippen LogP contribution in [0.25, 0.3) is 11.4 Å². The summed E-state index contributed by atoms with van der Waals surface area (Å²) in [5.74, 6) is 1.80. The number of benzene rings is 2. The molecule has 2 aromatic carbocycles. The molecule has 0 aliphatic rings. The second-order valence-corrected chi connectivity index (χ2v) is 5.94. The Labute approximate surface area is 144 Å². The average molecular weight is 339 g/mol. The number of H-pyrrole nitrogens is 1. The van der Waals surface area contributed by atoms with E-state index in [2.05, 4.69) is 15.2 Å². The van der Waals surface area contributed by atoms with Crippen LogP contribution in [-0.4, -0.2) is 33.3 Å². The van der Waals surface area contributed by atoms with Crippen molar-refractivity contribution in [3.05, 3.63) is 60.2 Å². The van der Waals surface area contributed by atoms with Crippen molar-refractivity contribution in [2.75, 3.05) is 12.4 Å². The molecule has 0 saturated carbocycles. The summed E-state index contributed by atoms with van der Waals surface area (Å²) in [5, 5.41) is 7.61. The largest absolute Gasteiger partial charge is 0.494 e. The van der Waals surface area contributed by atoms with Gasteiger partial charge in [0, 0.05) is 11.1 Å². The predicted octanol–water partition coefficient (Wildman–Crippen LogP) is 3.85. The molecule has 0 atom stereocenters. The van der Waals surface area contributed by atoms with E-state index >= 15 is 0 Å². The molecule has 5 nitrogen and oxygen atoms in total. The highest BCUT2D eigenvalue weighted by Gasteiger charge is 2.10. The van der Waals surface area contributed by atoms with Crippen LogP contribution in [-0.2, 0) is 0 Å². The fourth-order valence-corrected chi connectivity index (χ4v) is 2.85. The third-order valence-electron chi connectivity index (χ3n) is 3.33. The van der Waals surface area contributed by atoms with Crippen LogP contribution in [0, 0.1) is 0 Å². The lowest BCUT2D eigenvalue weighted by atomic mass is 10.1. The van der Waals surface area contributed by atoms with Gasteiger partial charge in [0.1, 0.15) is 5.75 Å². The molecule has 0 saturated heterocycles. The second kappa shape index (κ2) is 7.79. The molecule has 0 bridgehead atoms. The van der Waals surface area contributed by atoms with Crippen molar-refractivity contribution in [2.24, 2.45) is 0 Å². The van der Waals surface area contributed by atoms with Crippen molar-refractivity contribution in [1.82, 2.24) is 15.2 Å². The number of thioether (sulfide) groups is 1. The highest BCUT2D eigenvalue weighted by Crippen LogP contribution is 2.20. The molecule has 0 unspecified atom stereocenters. The van der Waals surface area contributed by atoms with Crippen LogP contribution >= 0.6 is 11.8 Å². The van der Waals surface area contributed by atoms with Gasteiger partial charge in [0.25, 0.3) is 0 Å². The van der Waals surface area contributed by atoms with E-state index in [4.69, 9.17) is 4.74 Å².